The molecule has 0 radical (unpaired) electrons. The first-order valence-corrected chi connectivity index (χ1v) is 5.99. The largest absolute Gasteiger partial charge is 0.508 e. The Morgan fingerprint density at radius 2 is 1.95 bits per heavy atom. The predicted molar refractivity (Wildman–Crippen MR) is 73.4 cm³/mol. The standard InChI is InChI=1S/C14H12ClNO3/c15-12-7-6-11(17)8-13(12)16-14(18)19-9-10-4-2-1-3-5-10/h1-8,17H,9H2,(H,16,18). The van der Waals surface area contributed by atoms with Crippen molar-refractivity contribution >= 4 is 23.4 Å². The first-order chi connectivity index (χ1) is 9.15. The number of benzene rings is 2. The molecule has 0 saturated heterocycles. The number of rotatable bonds is 3. The average Bonchev–Trinajstić information content (AvgIpc) is 2.42. The fourth-order valence-electron chi connectivity index (χ4n) is 1.48. The van der Waals surface area contributed by atoms with Crippen LogP contribution in [0.2, 0.25) is 5.02 Å². The smallest absolute Gasteiger partial charge is 0.412 e. The van der Waals surface area contributed by atoms with Gasteiger partial charge in [0.25, 0.3) is 0 Å². The number of hydrogen-bond donors (Lipinski definition) is 2. The van der Waals surface area contributed by atoms with E-state index >= 15 is 0 Å². The van der Waals surface area contributed by atoms with Crippen LogP contribution in [-0.4, -0.2) is 11.2 Å². The molecule has 2 aromatic carbocycles. The van der Waals surface area contributed by atoms with Gasteiger partial charge in [-0.05, 0) is 17.7 Å². The lowest BCUT2D eigenvalue weighted by atomic mass is 10.2. The molecule has 0 fully saturated rings. The summed E-state index contributed by atoms with van der Waals surface area (Å²) in [6.07, 6.45) is -0.628. The van der Waals surface area contributed by atoms with Crippen molar-refractivity contribution in [3.8, 4) is 5.75 Å². The maximum Gasteiger partial charge on any atom is 0.412 e. The second kappa shape index (κ2) is 6.11. The Labute approximate surface area is 115 Å². The van der Waals surface area contributed by atoms with Crippen molar-refractivity contribution in [3.05, 3.63) is 59.1 Å². The fraction of sp³-hybridized carbons (Fsp3) is 0.0714. The average molecular weight is 278 g/mol. The lowest BCUT2D eigenvalue weighted by Gasteiger charge is -2.08. The Hall–Kier alpha value is -2.20. The molecular weight excluding hydrogens is 266 g/mol. The Morgan fingerprint density at radius 1 is 1.21 bits per heavy atom. The molecule has 5 heteroatoms. The van der Waals surface area contributed by atoms with Crippen LogP contribution in [0, 0.1) is 0 Å². The van der Waals surface area contributed by atoms with Crippen LogP contribution in [0.25, 0.3) is 0 Å². The van der Waals surface area contributed by atoms with Crippen molar-refractivity contribution in [2.24, 2.45) is 0 Å². The van der Waals surface area contributed by atoms with Gasteiger partial charge in [0, 0.05) is 6.07 Å². The zero-order chi connectivity index (χ0) is 13.7. The van der Waals surface area contributed by atoms with Gasteiger partial charge in [0.1, 0.15) is 12.4 Å². The second-order valence-corrected chi connectivity index (χ2v) is 4.26. The number of phenols is 1. The van der Waals surface area contributed by atoms with E-state index in [2.05, 4.69) is 5.32 Å². The number of hydrogen-bond acceptors (Lipinski definition) is 3. The third-order valence-corrected chi connectivity index (χ3v) is 2.73. The van der Waals surface area contributed by atoms with E-state index in [1.54, 1.807) is 0 Å². The van der Waals surface area contributed by atoms with Gasteiger partial charge in [0.05, 0.1) is 10.7 Å². The number of anilines is 1. The third-order valence-electron chi connectivity index (χ3n) is 2.40. The number of carbonyl (C=O) groups excluding carboxylic acids is 1. The van der Waals surface area contributed by atoms with Crippen molar-refractivity contribution in [3.63, 3.8) is 0 Å². The van der Waals surface area contributed by atoms with Crippen molar-refractivity contribution < 1.29 is 14.6 Å². The normalized spacial score (nSPS) is 9.95. The molecule has 0 aliphatic rings. The highest BCUT2D eigenvalue weighted by Crippen LogP contribution is 2.26. The predicted octanol–water partition coefficient (Wildman–Crippen LogP) is 3.79. The van der Waals surface area contributed by atoms with Gasteiger partial charge < -0.3 is 9.84 Å². The number of aromatic hydroxyl groups is 1. The van der Waals surface area contributed by atoms with Crippen molar-refractivity contribution in [2.45, 2.75) is 6.61 Å². The molecule has 0 aliphatic carbocycles. The van der Waals surface area contributed by atoms with E-state index < -0.39 is 6.09 Å². The summed E-state index contributed by atoms with van der Waals surface area (Å²) in [6, 6.07) is 13.6. The van der Waals surface area contributed by atoms with Gasteiger partial charge in [0.2, 0.25) is 0 Å². The van der Waals surface area contributed by atoms with Gasteiger partial charge in [-0.25, -0.2) is 4.79 Å². The number of ether oxygens (including phenoxy) is 1. The summed E-state index contributed by atoms with van der Waals surface area (Å²) < 4.78 is 5.04. The molecule has 0 heterocycles. The van der Waals surface area contributed by atoms with E-state index in [1.165, 1.54) is 18.2 Å². The van der Waals surface area contributed by atoms with Crippen LogP contribution in [0.3, 0.4) is 0 Å². The highest BCUT2D eigenvalue weighted by Gasteiger charge is 2.07. The second-order valence-electron chi connectivity index (χ2n) is 3.85. The van der Waals surface area contributed by atoms with Gasteiger partial charge in [-0.3, -0.25) is 5.32 Å². The minimum atomic E-state index is -0.628. The summed E-state index contributed by atoms with van der Waals surface area (Å²) in [7, 11) is 0. The first kappa shape index (κ1) is 13.2. The van der Waals surface area contributed by atoms with Crippen LogP contribution in [0.4, 0.5) is 10.5 Å². The molecule has 0 aliphatic heterocycles. The molecule has 2 N–H and O–H groups in total. The van der Waals surface area contributed by atoms with Gasteiger partial charge in [-0.2, -0.15) is 0 Å². The topological polar surface area (TPSA) is 58.6 Å². The quantitative estimate of drug-likeness (QED) is 0.897. The Balaban J connectivity index is 1.93. The molecule has 4 nitrogen and oxygen atoms in total. The molecule has 0 unspecified atom stereocenters. The maximum absolute atomic E-state index is 11.6. The van der Waals surface area contributed by atoms with Crippen LogP contribution < -0.4 is 5.32 Å². The number of nitrogens with one attached hydrogen (secondary N) is 1. The molecule has 2 aromatic rings. The van der Waals surface area contributed by atoms with Crippen LogP contribution in [0.1, 0.15) is 5.56 Å². The summed E-state index contributed by atoms with van der Waals surface area (Å²) in [5.41, 5.74) is 1.19. The number of phenolic OH excluding ortho intramolecular Hbond substituents is 1. The number of amides is 1. The summed E-state index contributed by atoms with van der Waals surface area (Å²) in [6.45, 7) is 0.170. The summed E-state index contributed by atoms with van der Waals surface area (Å²) in [4.78, 5) is 11.6. The molecule has 0 saturated carbocycles. The SMILES string of the molecule is O=C(Nc1cc(O)ccc1Cl)OCc1ccccc1. The van der Waals surface area contributed by atoms with Gasteiger partial charge in [-0.15, -0.1) is 0 Å². The van der Waals surface area contributed by atoms with Gasteiger partial charge in [-0.1, -0.05) is 41.9 Å². The molecule has 2 rings (SSSR count). The van der Waals surface area contributed by atoms with E-state index in [-0.39, 0.29) is 12.4 Å². The molecule has 0 atom stereocenters. The minimum Gasteiger partial charge on any atom is -0.508 e. The Morgan fingerprint density at radius 3 is 2.68 bits per heavy atom. The third kappa shape index (κ3) is 3.89. The molecule has 1 amide bonds. The van der Waals surface area contributed by atoms with E-state index in [1.807, 2.05) is 30.3 Å². The molecule has 98 valence electrons. The summed E-state index contributed by atoms with van der Waals surface area (Å²) >= 11 is 5.88. The Bertz CT molecular complexity index is 572. The molecule has 0 spiro atoms. The minimum absolute atomic E-state index is 0.0164. The monoisotopic (exact) mass is 277 g/mol. The highest BCUT2D eigenvalue weighted by atomic mass is 35.5. The number of halogens is 1. The lowest BCUT2D eigenvalue weighted by Crippen LogP contribution is -2.13. The molecule has 0 bridgehead atoms. The zero-order valence-corrected chi connectivity index (χ0v) is 10.7. The van der Waals surface area contributed by atoms with Crippen molar-refractivity contribution in [1.82, 2.24) is 0 Å². The van der Waals surface area contributed by atoms with Crippen LogP contribution in [-0.2, 0) is 11.3 Å². The van der Waals surface area contributed by atoms with Gasteiger partial charge in [0.15, 0.2) is 0 Å². The first-order valence-electron chi connectivity index (χ1n) is 5.61. The molecule has 0 aromatic heterocycles. The summed E-state index contributed by atoms with van der Waals surface area (Å²) in [5, 5.41) is 12.1. The van der Waals surface area contributed by atoms with E-state index in [4.69, 9.17) is 16.3 Å². The van der Waals surface area contributed by atoms with E-state index in [0.29, 0.717) is 10.7 Å². The summed E-state index contributed by atoms with van der Waals surface area (Å²) in [5.74, 6) is 0.0164. The highest BCUT2D eigenvalue weighted by molar-refractivity contribution is 6.33. The molecule has 19 heavy (non-hydrogen) atoms. The van der Waals surface area contributed by atoms with Crippen LogP contribution in [0.15, 0.2) is 48.5 Å². The maximum atomic E-state index is 11.6. The lowest BCUT2D eigenvalue weighted by molar-refractivity contribution is 0.155. The van der Waals surface area contributed by atoms with Crippen LogP contribution in [0.5, 0.6) is 5.75 Å². The Kier molecular flexibility index (Phi) is 4.26. The van der Waals surface area contributed by atoms with Crippen LogP contribution >= 0.6 is 11.6 Å². The molecular formula is C14H12ClNO3. The van der Waals surface area contributed by atoms with Gasteiger partial charge >= 0.3 is 6.09 Å². The van der Waals surface area contributed by atoms with E-state index in [9.17, 15) is 9.90 Å². The number of carbonyl (C=O) groups is 1. The van der Waals surface area contributed by atoms with E-state index in [0.717, 1.165) is 5.56 Å². The van der Waals surface area contributed by atoms with Crippen molar-refractivity contribution in [2.75, 3.05) is 5.32 Å². The fourth-order valence-corrected chi connectivity index (χ4v) is 1.64. The zero-order valence-electron chi connectivity index (χ0n) is 9.97. The van der Waals surface area contributed by atoms with Crippen molar-refractivity contribution in [1.29, 1.82) is 0 Å².